The van der Waals surface area contributed by atoms with Crippen LogP contribution in [0.4, 0.5) is 10.5 Å². The molecule has 0 aliphatic carbocycles. The van der Waals surface area contributed by atoms with Crippen molar-refractivity contribution in [2.24, 2.45) is 7.05 Å². The van der Waals surface area contributed by atoms with E-state index in [1.807, 2.05) is 26.1 Å². The molecular weight excluding hydrogens is 334 g/mol. The SMILES string of the molecule is COc1ccccc1C(=O)N1CCN(C(=O)Nc2cn(C)nc2C)CC1. The first-order valence-corrected chi connectivity index (χ1v) is 8.48. The molecule has 1 aliphatic rings. The number of hydrogen-bond acceptors (Lipinski definition) is 4. The van der Waals surface area contributed by atoms with Gasteiger partial charge in [0.05, 0.1) is 24.1 Å². The Kier molecular flexibility index (Phi) is 5.11. The number of carbonyl (C=O) groups is 2. The Morgan fingerprint density at radius 2 is 1.77 bits per heavy atom. The first-order valence-electron chi connectivity index (χ1n) is 8.48. The molecule has 0 unspecified atom stereocenters. The van der Waals surface area contributed by atoms with Crippen LogP contribution >= 0.6 is 0 Å². The number of ether oxygens (including phenoxy) is 1. The highest BCUT2D eigenvalue weighted by Crippen LogP contribution is 2.20. The van der Waals surface area contributed by atoms with Gasteiger partial charge in [0.2, 0.25) is 0 Å². The lowest BCUT2D eigenvalue weighted by atomic mass is 10.1. The van der Waals surface area contributed by atoms with Crippen molar-refractivity contribution in [2.45, 2.75) is 6.92 Å². The van der Waals surface area contributed by atoms with Gasteiger partial charge in [0.25, 0.3) is 5.91 Å². The van der Waals surface area contributed by atoms with Crippen LogP contribution in [-0.4, -0.2) is 64.8 Å². The summed E-state index contributed by atoms with van der Waals surface area (Å²) < 4.78 is 6.93. The third kappa shape index (κ3) is 3.63. The average Bonchev–Trinajstić information content (AvgIpc) is 2.98. The number of anilines is 1. The lowest BCUT2D eigenvalue weighted by Gasteiger charge is -2.34. The van der Waals surface area contributed by atoms with E-state index in [1.54, 1.807) is 39.9 Å². The summed E-state index contributed by atoms with van der Waals surface area (Å²) in [5.74, 6) is 0.482. The first-order chi connectivity index (χ1) is 12.5. The van der Waals surface area contributed by atoms with Gasteiger partial charge in [0.1, 0.15) is 5.75 Å². The summed E-state index contributed by atoms with van der Waals surface area (Å²) in [7, 11) is 3.36. The highest BCUT2D eigenvalue weighted by molar-refractivity contribution is 5.97. The molecule has 0 bridgehead atoms. The molecular formula is C18H23N5O3. The van der Waals surface area contributed by atoms with Crippen molar-refractivity contribution in [1.82, 2.24) is 19.6 Å². The van der Waals surface area contributed by atoms with Crippen LogP contribution in [0.2, 0.25) is 0 Å². The molecule has 3 rings (SSSR count). The predicted molar refractivity (Wildman–Crippen MR) is 97.4 cm³/mol. The number of nitrogens with one attached hydrogen (secondary N) is 1. The zero-order chi connectivity index (χ0) is 18.7. The van der Waals surface area contributed by atoms with E-state index in [0.29, 0.717) is 43.2 Å². The fourth-order valence-corrected chi connectivity index (χ4v) is 3.02. The predicted octanol–water partition coefficient (Wildman–Crippen LogP) is 1.73. The number of methoxy groups -OCH3 is 1. The van der Waals surface area contributed by atoms with Crippen LogP contribution in [0.3, 0.4) is 0 Å². The molecule has 1 aromatic carbocycles. The van der Waals surface area contributed by atoms with Crippen molar-refractivity contribution in [2.75, 3.05) is 38.6 Å². The van der Waals surface area contributed by atoms with E-state index in [2.05, 4.69) is 10.4 Å². The lowest BCUT2D eigenvalue weighted by molar-refractivity contribution is 0.0668. The van der Waals surface area contributed by atoms with Gasteiger partial charge in [-0.15, -0.1) is 0 Å². The number of carbonyl (C=O) groups excluding carboxylic acids is 2. The van der Waals surface area contributed by atoms with Crippen molar-refractivity contribution >= 4 is 17.6 Å². The summed E-state index contributed by atoms with van der Waals surface area (Å²) in [6.07, 6.45) is 1.77. The molecule has 0 radical (unpaired) electrons. The van der Waals surface area contributed by atoms with Crippen molar-refractivity contribution in [3.05, 3.63) is 41.7 Å². The molecule has 1 fully saturated rings. The number of rotatable bonds is 3. The van der Waals surface area contributed by atoms with Gasteiger partial charge in [0.15, 0.2) is 0 Å². The number of para-hydroxylation sites is 1. The van der Waals surface area contributed by atoms with Crippen LogP contribution in [0.25, 0.3) is 0 Å². The van der Waals surface area contributed by atoms with Crippen LogP contribution in [0, 0.1) is 6.92 Å². The highest BCUT2D eigenvalue weighted by atomic mass is 16.5. The molecule has 1 saturated heterocycles. The molecule has 3 amide bonds. The molecule has 8 nitrogen and oxygen atoms in total. The fourth-order valence-electron chi connectivity index (χ4n) is 3.02. The molecule has 1 N–H and O–H groups in total. The largest absolute Gasteiger partial charge is 0.496 e. The number of aromatic nitrogens is 2. The van der Waals surface area contributed by atoms with Crippen LogP contribution in [0.5, 0.6) is 5.75 Å². The zero-order valence-corrected chi connectivity index (χ0v) is 15.2. The van der Waals surface area contributed by atoms with Crippen molar-refractivity contribution < 1.29 is 14.3 Å². The third-order valence-electron chi connectivity index (χ3n) is 4.45. The van der Waals surface area contributed by atoms with Crippen LogP contribution in [0.15, 0.2) is 30.5 Å². The molecule has 0 saturated carbocycles. The van der Waals surface area contributed by atoms with Crippen molar-refractivity contribution in [3.63, 3.8) is 0 Å². The minimum absolute atomic E-state index is 0.0781. The van der Waals surface area contributed by atoms with Gasteiger partial charge in [-0.2, -0.15) is 5.10 Å². The Labute approximate surface area is 152 Å². The molecule has 0 atom stereocenters. The number of nitrogens with zero attached hydrogens (tertiary/aromatic N) is 4. The maximum absolute atomic E-state index is 12.7. The van der Waals surface area contributed by atoms with Gasteiger partial charge in [-0.3, -0.25) is 9.48 Å². The van der Waals surface area contributed by atoms with Crippen LogP contribution < -0.4 is 10.1 Å². The molecule has 2 aromatic rings. The van der Waals surface area contributed by atoms with Gasteiger partial charge in [-0.1, -0.05) is 12.1 Å². The van der Waals surface area contributed by atoms with Gasteiger partial charge in [-0.05, 0) is 19.1 Å². The van der Waals surface area contributed by atoms with Gasteiger partial charge >= 0.3 is 6.03 Å². The summed E-state index contributed by atoms with van der Waals surface area (Å²) in [5.41, 5.74) is 2.01. The third-order valence-corrected chi connectivity index (χ3v) is 4.45. The molecule has 2 heterocycles. The van der Waals surface area contributed by atoms with Crippen LogP contribution in [0.1, 0.15) is 16.1 Å². The van der Waals surface area contributed by atoms with E-state index in [1.165, 1.54) is 0 Å². The number of piperazine rings is 1. The highest BCUT2D eigenvalue weighted by Gasteiger charge is 2.26. The summed E-state index contributed by atoms with van der Waals surface area (Å²) in [4.78, 5) is 28.6. The smallest absolute Gasteiger partial charge is 0.322 e. The second-order valence-electron chi connectivity index (χ2n) is 6.21. The average molecular weight is 357 g/mol. The number of aryl methyl sites for hydroxylation is 2. The van der Waals surface area contributed by atoms with E-state index in [-0.39, 0.29) is 11.9 Å². The normalized spacial score (nSPS) is 14.3. The topological polar surface area (TPSA) is 79.7 Å². The number of benzene rings is 1. The quantitative estimate of drug-likeness (QED) is 0.907. The van der Waals surface area contributed by atoms with Gasteiger partial charge in [0, 0.05) is 39.4 Å². The van der Waals surface area contributed by atoms with E-state index in [0.717, 1.165) is 5.69 Å². The Hall–Kier alpha value is -3.03. The Morgan fingerprint density at radius 1 is 1.12 bits per heavy atom. The Bertz CT molecular complexity index is 809. The van der Waals surface area contributed by atoms with E-state index in [4.69, 9.17) is 4.74 Å². The van der Waals surface area contributed by atoms with E-state index >= 15 is 0 Å². The van der Waals surface area contributed by atoms with E-state index in [9.17, 15) is 9.59 Å². The number of hydrogen-bond donors (Lipinski definition) is 1. The second kappa shape index (κ2) is 7.47. The molecule has 26 heavy (non-hydrogen) atoms. The number of urea groups is 1. The summed E-state index contributed by atoms with van der Waals surface area (Å²) in [5, 5.41) is 7.09. The first kappa shape index (κ1) is 17.8. The fraction of sp³-hybridized carbons (Fsp3) is 0.389. The Morgan fingerprint density at radius 3 is 2.38 bits per heavy atom. The summed E-state index contributed by atoms with van der Waals surface area (Å²) >= 11 is 0. The standard InChI is InChI=1S/C18H23N5O3/c1-13-15(12-21(2)20-13)19-18(25)23-10-8-22(9-11-23)17(24)14-6-4-5-7-16(14)26-3/h4-7,12H,8-11H2,1-3H3,(H,19,25). The monoisotopic (exact) mass is 357 g/mol. The molecule has 1 aliphatic heterocycles. The molecule has 8 heteroatoms. The lowest BCUT2D eigenvalue weighted by Crippen LogP contribution is -2.51. The van der Waals surface area contributed by atoms with Crippen LogP contribution in [-0.2, 0) is 7.05 Å². The Balaban J connectivity index is 1.59. The maximum atomic E-state index is 12.7. The molecule has 0 spiro atoms. The van der Waals surface area contributed by atoms with Gasteiger partial charge in [-0.25, -0.2) is 4.79 Å². The minimum atomic E-state index is -0.175. The minimum Gasteiger partial charge on any atom is -0.496 e. The van der Waals surface area contributed by atoms with Crippen molar-refractivity contribution in [1.29, 1.82) is 0 Å². The summed E-state index contributed by atoms with van der Waals surface area (Å²) in [6.45, 7) is 3.77. The van der Waals surface area contributed by atoms with Crippen molar-refractivity contribution in [3.8, 4) is 5.75 Å². The molecule has 138 valence electrons. The zero-order valence-electron chi connectivity index (χ0n) is 15.2. The van der Waals surface area contributed by atoms with E-state index < -0.39 is 0 Å². The molecule has 1 aromatic heterocycles. The maximum Gasteiger partial charge on any atom is 0.322 e. The van der Waals surface area contributed by atoms with Gasteiger partial charge < -0.3 is 19.9 Å². The summed E-state index contributed by atoms with van der Waals surface area (Å²) in [6, 6.07) is 7.00. The second-order valence-corrected chi connectivity index (χ2v) is 6.21. The number of amides is 3.